The molecule has 0 spiro atoms. The highest BCUT2D eigenvalue weighted by molar-refractivity contribution is 6.31. The van der Waals surface area contributed by atoms with Gasteiger partial charge < -0.3 is 5.32 Å². The molecule has 0 aromatic heterocycles. The molecule has 1 saturated heterocycles. The molecule has 0 bridgehead atoms. The lowest BCUT2D eigenvalue weighted by Crippen LogP contribution is -2.45. The number of halogens is 1. The van der Waals surface area contributed by atoms with Gasteiger partial charge in [0, 0.05) is 30.7 Å². The zero-order valence-electron chi connectivity index (χ0n) is 12.8. The lowest BCUT2D eigenvalue weighted by Gasteiger charge is -2.35. The first kappa shape index (κ1) is 15.5. The number of benzene rings is 2. The summed E-state index contributed by atoms with van der Waals surface area (Å²) in [5.74, 6) is 0. The summed E-state index contributed by atoms with van der Waals surface area (Å²) in [6, 6.07) is 19.5. The molecule has 1 heterocycles. The van der Waals surface area contributed by atoms with Crippen LogP contribution in [0, 0.1) is 0 Å². The van der Waals surface area contributed by atoms with Crippen LogP contribution >= 0.6 is 11.6 Å². The highest BCUT2D eigenvalue weighted by Gasteiger charge is 2.21. The average molecular weight is 315 g/mol. The Balaban J connectivity index is 1.77. The standard InChI is InChI=1S/C19H23ClN2/c20-19-11-5-4-9-17(19)15-22(18-10-6-12-21-13-18)14-16-7-2-1-3-8-16/h1-5,7-9,11,18,21H,6,10,12-15H2. The third-order valence-electron chi connectivity index (χ3n) is 4.35. The minimum atomic E-state index is 0.574. The molecule has 1 N–H and O–H groups in total. The molecule has 0 amide bonds. The van der Waals surface area contributed by atoms with Gasteiger partial charge in [-0.2, -0.15) is 0 Å². The first-order valence-electron chi connectivity index (χ1n) is 8.05. The van der Waals surface area contributed by atoms with Crippen molar-refractivity contribution < 1.29 is 0 Å². The number of nitrogens with one attached hydrogen (secondary N) is 1. The van der Waals surface area contributed by atoms with Gasteiger partial charge in [-0.3, -0.25) is 4.90 Å². The molecule has 116 valence electrons. The SMILES string of the molecule is Clc1ccccc1CN(Cc1ccccc1)C1CCCNC1. The van der Waals surface area contributed by atoms with E-state index in [-0.39, 0.29) is 0 Å². The van der Waals surface area contributed by atoms with Crippen LogP contribution < -0.4 is 5.32 Å². The first-order chi connectivity index (χ1) is 10.8. The summed E-state index contributed by atoms with van der Waals surface area (Å²) < 4.78 is 0. The average Bonchev–Trinajstić information content (AvgIpc) is 2.58. The monoisotopic (exact) mass is 314 g/mol. The molecule has 0 saturated carbocycles. The van der Waals surface area contributed by atoms with Gasteiger partial charge in [-0.1, -0.05) is 60.1 Å². The molecule has 0 radical (unpaired) electrons. The van der Waals surface area contributed by atoms with Crippen LogP contribution in [-0.4, -0.2) is 24.0 Å². The Morgan fingerprint density at radius 2 is 1.77 bits per heavy atom. The van der Waals surface area contributed by atoms with E-state index in [4.69, 9.17) is 11.6 Å². The Kier molecular flexibility index (Phi) is 5.49. The van der Waals surface area contributed by atoms with E-state index in [0.717, 1.165) is 31.2 Å². The number of piperidine rings is 1. The molecule has 3 rings (SSSR count). The summed E-state index contributed by atoms with van der Waals surface area (Å²) in [5.41, 5.74) is 2.57. The fourth-order valence-corrected chi connectivity index (χ4v) is 3.32. The fraction of sp³-hybridized carbons (Fsp3) is 0.368. The summed E-state index contributed by atoms with van der Waals surface area (Å²) in [6.45, 7) is 4.08. The summed E-state index contributed by atoms with van der Waals surface area (Å²) in [5, 5.41) is 4.39. The minimum Gasteiger partial charge on any atom is -0.315 e. The lowest BCUT2D eigenvalue weighted by molar-refractivity contribution is 0.149. The number of nitrogens with zero attached hydrogens (tertiary/aromatic N) is 1. The van der Waals surface area contributed by atoms with Crippen molar-refractivity contribution >= 4 is 11.6 Å². The van der Waals surface area contributed by atoms with Gasteiger partial charge in [0.2, 0.25) is 0 Å². The van der Waals surface area contributed by atoms with E-state index >= 15 is 0 Å². The third-order valence-corrected chi connectivity index (χ3v) is 4.72. The van der Waals surface area contributed by atoms with Gasteiger partial charge in [-0.15, -0.1) is 0 Å². The normalized spacial score (nSPS) is 18.5. The van der Waals surface area contributed by atoms with E-state index in [2.05, 4.69) is 52.7 Å². The second kappa shape index (κ2) is 7.77. The second-order valence-electron chi connectivity index (χ2n) is 5.98. The van der Waals surface area contributed by atoms with Crippen molar-refractivity contribution in [3.63, 3.8) is 0 Å². The van der Waals surface area contributed by atoms with Gasteiger partial charge >= 0.3 is 0 Å². The van der Waals surface area contributed by atoms with E-state index in [9.17, 15) is 0 Å². The molecule has 1 aliphatic rings. The zero-order valence-corrected chi connectivity index (χ0v) is 13.6. The van der Waals surface area contributed by atoms with Gasteiger partial charge in [-0.25, -0.2) is 0 Å². The summed E-state index contributed by atoms with van der Waals surface area (Å²) >= 11 is 6.37. The molecule has 1 fully saturated rings. The molecule has 1 unspecified atom stereocenters. The Morgan fingerprint density at radius 1 is 1.00 bits per heavy atom. The predicted octanol–water partition coefficient (Wildman–Crippen LogP) is 4.09. The van der Waals surface area contributed by atoms with Crippen molar-refractivity contribution in [1.29, 1.82) is 0 Å². The molecular weight excluding hydrogens is 292 g/mol. The maximum absolute atomic E-state index is 6.37. The molecule has 1 atom stereocenters. The predicted molar refractivity (Wildman–Crippen MR) is 93.0 cm³/mol. The molecule has 22 heavy (non-hydrogen) atoms. The van der Waals surface area contributed by atoms with E-state index in [1.54, 1.807) is 0 Å². The van der Waals surface area contributed by atoms with E-state index in [1.807, 2.05) is 12.1 Å². The van der Waals surface area contributed by atoms with Crippen LogP contribution in [0.2, 0.25) is 5.02 Å². The first-order valence-corrected chi connectivity index (χ1v) is 8.43. The second-order valence-corrected chi connectivity index (χ2v) is 6.39. The van der Waals surface area contributed by atoms with Crippen molar-refractivity contribution in [2.24, 2.45) is 0 Å². The Bertz CT molecular complexity index is 579. The largest absolute Gasteiger partial charge is 0.315 e. The van der Waals surface area contributed by atoms with Crippen LogP contribution in [-0.2, 0) is 13.1 Å². The van der Waals surface area contributed by atoms with Gasteiger partial charge in [0.05, 0.1) is 0 Å². The maximum Gasteiger partial charge on any atom is 0.0451 e. The number of hydrogen-bond acceptors (Lipinski definition) is 2. The van der Waals surface area contributed by atoms with Gasteiger partial charge in [-0.05, 0) is 36.6 Å². The topological polar surface area (TPSA) is 15.3 Å². The Labute approximate surface area is 138 Å². The molecule has 0 aliphatic carbocycles. The van der Waals surface area contributed by atoms with E-state index in [1.165, 1.54) is 24.0 Å². The summed E-state index contributed by atoms with van der Waals surface area (Å²) in [4.78, 5) is 2.56. The van der Waals surface area contributed by atoms with Crippen LogP contribution in [0.5, 0.6) is 0 Å². The van der Waals surface area contributed by atoms with Crippen molar-refractivity contribution in [3.05, 3.63) is 70.7 Å². The minimum absolute atomic E-state index is 0.574. The van der Waals surface area contributed by atoms with E-state index < -0.39 is 0 Å². The molecule has 2 aromatic carbocycles. The molecule has 2 nitrogen and oxygen atoms in total. The maximum atomic E-state index is 6.37. The number of rotatable bonds is 5. The Hall–Kier alpha value is -1.35. The van der Waals surface area contributed by atoms with Crippen molar-refractivity contribution in [2.45, 2.75) is 32.0 Å². The van der Waals surface area contributed by atoms with Gasteiger partial charge in [0.1, 0.15) is 0 Å². The van der Waals surface area contributed by atoms with Crippen molar-refractivity contribution in [1.82, 2.24) is 10.2 Å². The summed E-state index contributed by atoms with van der Waals surface area (Å²) in [7, 11) is 0. The zero-order chi connectivity index (χ0) is 15.2. The lowest BCUT2D eigenvalue weighted by atomic mass is 10.0. The van der Waals surface area contributed by atoms with Crippen LogP contribution in [0.25, 0.3) is 0 Å². The molecule has 1 aliphatic heterocycles. The third kappa shape index (κ3) is 4.10. The van der Waals surface area contributed by atoms with Crippen LogP contribution in [0.15, 0.2) is 54.6 Å². The van der Waals surface area contributed by atoms with Crippen LogP contribution in [0.3, 0.4) is 0 Å². The van der Waals surface area contributed by atoms with Gasteiger partial charge in [0.25, 0.3) is 0 Å². The van der Waals surface area contributed by atoms with Crippen LogP contribution in [0.4, 0.5) is 0 Å². The van der Waals surface area contributed by atoms with Crippen molar-refractivity contribution in [3.8, 4) is 0 Å². The fourth-order valence-electron chi connectivity index (χ4n) is 3.12. The highest BCUT2D eigenvalue weighted by atomic mass is 35.5. The van der Waals surface area contributed by atoms with Crippen molar-refractivity contribution in [2.75, 3.05) is 13.1 Å². The Morgan fingerprint density at radius 3 is 2.50 bits per heavy atom. The quantitative estimate of drug-likeness (QED) is 0.894. The molecule has 2 aromatic rings. The van der Waals surface area contributed by atoms with Crippen LogP contribution in [0.1, 0.15) is 24.0 Å². The summed E-state index contributed by atoms with van der Waals surface area (Å²) in [6.07, 6.45) is 2.50. The smallest absolute Gasteiger partial charge is 0.0451 e. The highest BCUT2D eigenvalue weighted by Crippen LogP contribution is 2.22. The van der Waals surface area contributed by atoms with E-state index in [0.29, 0.717) is 6.04 Å². The molecular formula is C19H23ClN2. The number of hydrogen-bond donors (Lipinski definition) is 1. The molecule has 3 heteroatoms. The van der Waals surface area contributed by atoms with Gasteiger partial charge in [0.15, 0.2) is 0 Å².